The SMILES string of the molecule is Cc1cnc(C2CCCN2S(=O)(=O)c2ccc(C(C)C)cc2)n1Cc1ccncc1. The molecular weight excluding hydrogens is 396 g/mol. The van der Waals surface area contributed by atoms with E-state index in [9.17, 15) is 8.42 Å². The van der Waals surface area contributed by atoms with Gasteiger partial charge in [0, 0.05) is 37.4 Å². The second-order valence-electron chi connectivity index (χ2n) is 8.20. The Morgan fingerprint density at radius 2 is 1.80 bits per heavy atom. The molecule has 1 fully saturated rings. The summed E-state index contributed by atoms with van der Waals surface area (Å²) in [4.78, 5) is 9.06. The van der Waals surface area contributed by atoms with Gasteiger partial charge in [-0.25, -0.2) is 13.4 Å². The minimum absolute atomic E-state index is 0.254. The van der Waals surface area contributed by atoms with Gasteiger partial charge in [-0.1, -0.05) is 26.0 Å². The van der Waals surface area contributed by atoms with Crippen molar-refractivity contribution >= 4 is 10.0 Å². The van der Waals surface area contributed by atoms with E-state index in [1.54, 1.807) is 28.8 Å². The first kappa shape index (κ1) is 20.8. The van der Waals surface area contributed by atoms with Crippen LogP contribution in [0.2, 0.25) is 0 Å². The van der Waals surface area contributed by atoms with Gasteiger partial charge in [0.1, 0.15) is 5.82 Å². The van der Waals surface area contributed by atoms with Crippen LogP contribution >= 0.6 is 0 Å². The maximum Gasteiger partial charge on any atom is 0.243 e. The fourth-order valence-corrected chi connectivity index (χ4v) is 5.72. The molecule has 3 heterocycles. The van der Waals surface area contributed by atoms with Crippen molar-refractivity contribution in [2.24, 2.45) is 0 Å². The first-order valence-electron chi connectivity index (χ1n) is 10.4. The molecule has 6 nitrogen and oxygen atoms in total. The van der Waals surface area contributed by atoms with Crippen LogP contribution in [0.3, 0.4) is 0 Å². The molecular formula is C23H28N4O2S. The van der Waals surface area contributed by atoms with E-state index in [-0.39, 0.29) is 6.04 Å². The topological polar surface area (TPSA) is 68.1 Å². The van der Waals surface area contributed by atoms with Gasteiger partial charge in [-0.3, -0.25) is 4.98 Å². The molecule has 4 rings (SSSR count). The molecule has 3 aromatic rings. The van der Waals surface area contributed by atoms with Crippen molar-refractivity contribution in [2.75, 3.05) is 6.54 Å². The minimum atomic E-state index is -3.59. The summed E-state index contributed by atoms with van der Waals surface area (Å²) in [5.74, 6) is 1.18. The molecule has 30 heavy (non-hydrogen) atoms. The molecule has 1 atom stereocenters. The summed E-state index contributed by atoms with van der Waals surface area (Å²) in [6.07, 6.45) is 6.98. The molecule has 0 amide bonds. The van der Waals surface area contributed by atoms with Crippen LogP contribution in [0.1, 0.15) is 61.3 Å². The van der Waals surface area contributed by atoms with Gasteiger partial charge in [0.2, 0.25) is 10.0 Å². The molecule has 2 aromatic heterocycles. The van der Waals surface area contributed by atoms with E-state index in [1.165, 1.54) is 0 Å². The van der Waals surface area contributed by atoms with Crippen molar-refractivity contribution < 1.29 is 8.42 Å². The lowest BCUT2D eigenvalue weighted by atomic mass is 10.0. The number of nitrogens with zero attached hydrogens (tertiary/aromatic N) is 4. The summed E-state index contributed by atoms with van der Waals surface area (Å²) < 4.78 is 30.7. The average Bonchev–Trinajstić information content (AvgIpc) is 3.36. The van der Waals surface area contributed by atoms with Crippen molar-refractivity contribution in [3.05, 3.63) is 77.6 Å². The Labute approximate surface area is 178 Å². The van der Waals surface area contributed by atoms with Gasteiger partial charge in [-0.15, -0.1) is 0 Å². The predicted octanol–water partition coefficient (Wildman–Crippen LogP) is 4.28. The van der Waals surface area contributed by atoms with Gasteiger partial charge in [0.15, 0.2) is 0 Å². The van der Waals surface area contributed by atoms with Crippen molar-refractivity contribution in [3.8, 4) is 0 Å². The number of benzene rings is 1. The largest absolute Gasteiger partial charge is 0.327 e. The van der Waals surface area contributed by atoms with Crippen LogP contribution < -0.4 is 0 Å². The number of hydrogen-bond donors (Lipinski definition) is 0. The Kier molecular flexibility index (Phi) is 5.75. The smallest absolute Gasteiger partial charge is 0.243 e. The molecule has 1 aromatic carbocycles. The Bertz CT molecular complexity index is 1110. The fourth-order valence-electron chi connectivity index (χ4n) is 4.07. The number of hydrogen-bond acceptors (Lipinski definition) is 4. The molecule has 0 bridgehead atoms. The zero-order valence-corrected chi connectivity index (χ0v) is 18.5. The molecule has 7 heteroatoms. The third kappa shape index (κ3) is 3.91. The molecule has 0 N–H and O–H groups in total. The number of imidazole rings is 1. The lowest BCUT2D eigenvalue weighted by molar-refractivity contribution is 0.374. The van der Waals surface area contributed by atoms with E-state index in [1.807, 2.05) is 37.4 Å². The molecule has 0 radical (unpaired) electrons. The number of sulfonamides is 1. The fraction of sp³-hybridized carbons (Fsp3) is 0.391. The van der Waals surface area contributed by atoms with E-state index >= 15 is 0 Å². The Morgan fingerprint density at radius 1 is 1.10 bits per heavy atom. The zero-order valence-electron chi connectivity index (χ0n) is 17.7. The molecule has 1 saturated heterocycles. The third-order valence-electron chi connectivity index (χ3n) is 5.83. The predicted molar refractivity (Wildman–Crippen MR) is 117 cm³/mol. The van der Waals surface area contributed by atoms with Gasteiger partial charge in [-0.05, 0) is 61.1 Å². The second-order valence-corrected chi connectivity index (χ2v) is 10.1. The quantitative estimate of drug-likeness (QED) is 0.592. The monoisotopic (exact) mass is 424 g/mol. The highest BCUT2D eigenvalue weighted by Gasteiger charge is 2.38. The Hall–Kier alpha value is -2.51. The van der Waals surface area contributed by atoms with E-state index in [4.69, 9.17) is 0 Å². The van der Waals surface area contributed by atoms with Gasteiger partial charge in [0.25, 0.3) is 0 Å². The summed E-state index contributed by atoms with van der Waals surface area (Å²) in [7, 11) is -3.59. The minimum Gasteiger partial charge on any atom is -0.327 e. The number of rotatable bonds is 6. The van der Waals surface area contributed by atoms with Crippen LogP contribution in [-0.2, 0) is 16.6 Å². The summed E-state index contributed by atoms with van der Waals surface area (Å²) >= 11 is 0. The maximum absolute atomic E-state index is 13.5. The van der Waals surface area contributed by atoms with Gasteiger partial charge in [-0.2, -0.15) is 4.31 Å². The van der Waals surface area contributed by atoms with Crippen molar-refractivity contribution in [3.63, 3.8) is 0 Å². The lowest BCUT2D eigenvalue weighted by Crippen LogP contribution is -2.32. The number of aryl methyl sites for hydroxylation is 1. The molecule has 0 aliphatic carbocycles. The van der Waals surface area contributed by atoms with Crippen molar-refractivity contribution in [1.29, 1.82) is 0 Å². The number of aromatic nitrogens is 3. The molecule has 1 aliphatic rings. The van der Waals surface area contributed by atoms with Gasteiger partial charge < -0.3 is 4.57 Å². The summed E-state index contributed by atoms with van der Waals surface area (Å²) in [6, 6.07) is 11.0. The van der Waals surface area contributed by atoms with Crippen LogP contribution in [-0.4, -0.2) is 33.8 Å². The van der Waals surface area contributed by atoms with Gasteiger partial charge in [0.05, 0.1) is 10.9 Å². The van der Waals surface area contributed by atoms with Crippen LogP contribution in [0.15, 0.2) is 59.9 Å². The highest BCUT2D eigenvalue weighted by molar-refractivity contribution is 7.89. The maximum atomic E-state index is 13.5. The van der Waals surface area contributed by atoms with Crippen LogP contribution in [0.4, 0.5) is 0 Å². The molecule has 0 saturated carbocycles. The second kappa shape index (κ2) is 8.32. The van der Waals surface area contributed by atoms with Gasteiger partial charge >= 0.3 is 0 Å². The van der Waals surface area contributed by atoms with E-state index in [2.05, 4.69) is 28.4 Å². The summed E-state index contributed by atoms with van der Waals surface area (Å²) in [5.41, 5.74) is 3.27. The molecule has 1 unspecified atom stereocenters. The number of pyridine rings is 1. The van der Waals surface area contributed by atoms with Crippen LogP contribution in [0.5, 0.6) is 0 Å². The highest BCUT2D eigenvalue weighted by atomic mass is 32.2. The lowest BCUT2D eigenvalue weighted by Gasteiger charge is -2.25. The first-order chi connectivity index (χ1) is 14.4. The molecule has 158 valence electrons. The average molecular weight is 425 g/mol. The van der Waals surface area contributed by atoms with Crippen LogP contribution in [0.25, 0.3) is 0 Å². The third-order valence-corrected chi connectivity index (χ3v) is 7.75. The van der Waals surface area contributed by atoms with E-state index < -0.39 is 10.0 Å². The van der Waals surface area contributed by atoms with E-state index in [0.29, 0.717) is 23.9 Å². The van der Waals surface area contributed by atoms with Crippen LogP contribution in [0, 0.1) is 6.92 Å². The summed E-state index contributed by atoms with van der Waals surface area (Å²) in [5, 5.41) is 0. The zero-order chi connectivity index (χ0) is 21.3. The standard InChI is InChI=1S/C23H28N4O2S/c1-17(2)20-6-8-21(9-7-20)30(28,29)27-14-4-5-22(27)23-25-15-18(3)26(23)16-19-10-12-24-13-11-19/h6-13,15,17,22H,4-5,14,16H2,1-3H3. The van der Waals surface area contributed by atoms with Crippen molar-refractivity contribution in [2.45, 2.75) is 57.0 Å². The van der Waals surface area contributed by atoms with E-state index in [0.717, 1.165) is 35.5 Å². The van der Waals surface area contributed by atoms with Crippen molar-refractivity contribution in [1.82, 2.24) is 18.8 Å². The first-order valence-corrected chi connectivity index (χ1v) is 11.8. The normalized spacial score (nSPS) is 17.7. The highest BCUT2D eigenvalue weighted by Crippen LogP contribution is 2.36. The molecule has 1 aliphatic heterocycles. The Balaban J connectivity index is 1.66. The molecule has 0 spiro atoms. The summed E-state index contributed by atoms with van der Waals surface area (Å²) in [6.45, 7) is 7.38. The Morgan fingerprint density at radius 3 is 2.47 bits per heavy atom.